The molecule has 0 fully saturated rings. The van der Waals surface area contributed by atoms with Crippen molar-refractivity contribution in [3.63, 3.8) is 0 Å². The van der Waals surface area contributed by atoms with Gasteiger partial charge >= 0.3 is 5.97 Å². The van der Waals surface area contributed by atoms with Crippen LogP contribution in [0.2, 0.25) is 0 Å². The maximum atomic E-state index is 11.1. The van der Waals surface area contributed by atoms with Crippen LogP contribution in [0, 0.1) is 0 Å². The summed E-state index contributed by atoms with van der Waals surface area (Å²) in [6.45, 7) is 4.68. The van der Waals surface area contributed by atoms with Crippen LogP contribution in [-0.4, -0.2) is 32.9 Å². The summed E-state index contributed by atoms with van der Waals surface area (Å²) in [6.07, 6.45) is 6.19. The zero-order chi connectivity index (χ0) is 13.5. The standard InChI is InChI=1S/C12H20BrN3O2/c1-3-4-5-11(12(17)18)15-9(2)7-16-8-10(13)6-14-16/h6,8-9,11,15H,3-5,7H2,1-2H3,(H,17,18). The predicted octanol–water partition coefficient (Wildman–Crippen LogP) is 2.27. The Balaban J connectivity index is 2.45. The van der Waals surface area contributed by atoms with E-state index in [1.165, 1.54) is 0 Å². The second-order valence-corrected chi connectivity index (χ2v) is 5.40. The fraction of sp³-hybridized carbons (Fsp3) is 0.667. The number of nitrogens with one attached hydrogen (secondary N) is 1. The molecule has 0 aliphatic rings. The molecule has 0 saturated carbocycles. The Morgan fingerprint density at radius 2 is 2.39 bits per heavy atom. The second kappa shape index (κ2) is 7.53. The van der Waals surface area contributed by atoms with Crippen molar-refractivity contribution in [1.29, 1.82) is 0 Å². The minimum absolute atomic E-state index is 0.0646. The molecule has 1 aromatic heterocycles. The summed E-state index contributed by atoms with van der Waals surface area (Å²) in [5, 5.41) is 16.4. The molecule has 1 rings (SSSR count). The molecule has 0 amide bonds. The highest BCUT2D eigenvalue weighted by molar-refractivity contribution is 9.10. The average Bonchev–Trinajstić information content (AvgIpc) is 2.69. The normalized spacial score (nSPS) is 14.4. The number of hydrogen-bond acceptors (Lipinski definition) is 3. The van der Waals surface area contributed by atoms with Crippen molar-refractivity contribution in [2.24, 2.45) is 0 Å². The number of hydrogen-bond donors (Lipinski definition) is 2. The van der Waals surface area contributed by atoms with Crippen molar-refractivity contribution in [3.05, 3.63) is 16.9 Å². The van der Waals surface area contributed by atoms with Crippen LogP contribution in [0.3, 0.4) is 0 Å². The summed E-state index contributed by atoms with van der Waals surface area (Å²) < 4.78 is 2.72. The molecule has 6 heteroatoms. The number of aliphatic carboxylic acids is 1. The largest absolute Gasteiger partial charge is 0.480 e. The molecule has 102 valence electrons. The summed E-state index contributed by atoms with van der Waals surface area (Å²) in [7, 11) is 0. The van der Waals surface area contributed by atoms with E-state index in [9.17, 15) is 4.79 Å². The first-order valence-electron chi connectivity index (χ1n) is 6.19. The van der Waals surface area contributed by atoms with Gasteiger partial charge in [-0.2, -0.15) is 5.10 Å². The van der Waals surface area contributed by atoms with Crippen LogP contribution >= 0.6 is 15.9 Å². The van der Waals surface area contributed by atoms with Gasteiger partial charge < -0.3 is 10.4 Å². The van der Waals surface area contributed by atoms with Crippen molar-refractivity contribution in [3.8, 4) is 0 Å². The lowest BCUT2D eigenvalue weighted by atomic mass is 10.1. The number of carboxylic acids is 1. The smallest absolute Gasteiger partial charge is 0.320 e. The van der Waals surface area contributed by atoms with Crippen LogP contribution in [0.5, 0.6) is 0 Å². The van der Waals surface area contributed by atoms with E-state index in [1.54, 1.807) is 10.9 Å². The Bertz CT molecular complexity index is 381. The van der Waals surface area contributed by atoms with E-state index in [2.05, 4.69) is 33.3 Å². The van der Waals surface area contributed by atoms with Gasteiger partial charge in [-0.1, -0.05) is 19.8 Å². The van der Waals surface area contributed by atoms with Crippen LogP contribution in [0.15, 0.2) is 16.9 Å². The van der Waals surface area contributed by atoms with Crippen molar-refractivity contribution in [2.75, 3.05) is 0 Å². The number of carbonyl (C=O) groups is 1. The molecule has 0 aliphatic heterocycles. The Morgan fingerprint density at radius 1 is 1.67 bits per heavy atom. The SMILES string of the molecule is CCCCC(NC(C)Cn1cc(Br)cn1)C(=O)O. The molecule has 0 saturated heterocycles. The van der Waals surface area contributed by atoms with Crippen molar-refractivity contribution in [2.45, 2.75) is 51.7 Å². The van der Waals surface area contributed by atoms with Crippen molar-refractivity contribution >= 4 is 21.9 Å². The fourth-order valence-corrected chi connectivity index (χ4v) is 2.13. The Morgan fingerprint density at radius 3 is 2.89 bits per heavy atom. The van der Waals surface area contributed by atoms with Crippen LogP contribution in [-0.2, 0) is 11.3 Å². The third-order valence-corrected chi connectivity index (χ3v) is 3.10. The van der Waals surface area contributed by atoms with Gasteiger partial charge in [-0.3, -0.25) is 9.48 Å². The molecule has 1 aromatic rings. The van der Waals surface area contributed by atoms with Crippen LogP contribution in [0.4, 0.5) is 0 Å². The maximum Gasteiger partial charge on any atom is 0.320 e. The van der Waals surface area contributed by atoms with E-state index in [4.69, 9.17) is 5.11 Å². The van der Waals surface area contributed by atoms with Gasteiger partial charge in [0.15, 0.2) is 0 Å². The third-order valence-electron chi connectivity index (χ3n) is 2.69. The maximum absolute atomic E-state index is 11.1. The first kappa shape index (κ1) is 15.2. The minimum Gasteiger partial charge on any atom is -0.480 e. The van der Waals surface area contributed by atoms with Crippen LogP contribution in [0.1, 0.15) is 33.1 Å². The zero-order valence-electron chi connectivity index (χ0n) is 10.8. The van der Waals surface area contributed by atoms with E-state index in [1.807, 2.05) is 13.1 Å². The van der Waals surface area contributed by atoms with Gasteiger partial charge in [-0.05, 0) is 29.3 Å². The lowest BCUT2D eigenvalue weighted by molar-refractivity contribution is -0.139. The molecular formula is C12H20BrN3O2. The molecule has 5 nitrogen and oxygen atoms in total. The number of unbranched alkanes of at least 4 members (excludes halogenated alkanes) is 1. The number of nitrogens with zero attached hydrogens (tertiary/aromatic N) is 2. The van der Waals surface area contributed by atoms with Crippen molar-refractivity contribution in [1.82, 2.24) is 15.1 Å². The van der Waals surface area contributed by atoms with E-state index < -0.39 is 12.0 Å². The summed E-state index contributed by atoms with van der Waals surface area (Å²) in [5.74, 6) is -0.781. The molecule has 0 radical (unpaired) electrons. The van der Waals surface area contributed by atoms with Crippen LogP contribution < -0.4 is 5.32 Å². The molecule has 18 heavy (non-hydrogen) atoms. The molecule has 1 heterocycles. The molecule has 2 N–H and O–H groups in total. The number of halogens is 1. The Kier molecular flexibility index (Phi) is 6.35. The van der Waals surface area contributed by atoms with Gasteiger partial charge in [-0.25, -0.2) is 0 Å². The molecular weight excluding hydrogens is 298 g/mol. The molecule has 0 bridgehead atoms. The quantitative estimate of drug-likeness (QED) is 0.771. The van der Waals surface area contributed by atoms with Gasteiger partial charge in [0.25, 0.3) is 0 Å². The van der Waals surface area contributed by atoms with E-state index >= 15 is 0 Å². The summed E-state index contributed by atoms with van der Waals surface area (Å²) in [4.78, 5) is 11.1. The first-order valence-corrected chi connectivity index (χ1v) is 6.99. The monoisotopic (exact) mass is 317 g/mol. The van der Waals surface area contributed by atoms with Gasteiger partial charge in [-0.15, -0.1) is 0 Å². The van der Waals surface area contributed by atoms with E-state index in [-0.39, 0.29) is 6.04 Å². The number of carboxylic acid groups (broad SMARTS) is 1. The average molecular weight is 318 g/mol. The van der Waals surface area contributed by atoms with Gasteiger partial charge in [0.05, 0.1) is 17.2 Å². The molecule has 0 aliphatic carbocycles. The number of rotatable bonds is 8. The highest BCUT2D eigenvalue weighted by Crippen LogP contribution is 2.07. The summed E-state index contributed by atoms with van der Waals surface area (Å²) in [5.41, 5.74) is 0. The highest BCUT2D eigenvalue weighted by atomic mass is 79.9. The minimum atomic E-state index is -0.781. The van der Waals surface area contributed by atoms with Crippen molar-refractivity contribution < 1.29 is 9.90 Å². The molecule has 0 aromatic carbocycles. The fourth-order valence-electron chi connectivity index (χ4n) is 1.80. The topological polar surface area (TPSA) is 67.2 Å². The second-order valence-electron chi connectivity index (χ2n) is 4.48. The lowest BCUT2D eigenvalue weighted by Gasteiger charge is -2.20. The van der Waals surface area contributed by atoms with Crippen LogP contribution in [0.25, 0.3) is 0 Å². The zero-order valence-corrected chi connectivity index (χ0v) is 12.4. The van der Waals surface area contributed by atoms with E-state index in [0.29, 0.717) is 13.0 Å². The lowest BCUT2D eigenvalue weighted by Crippen LogP contribution is -2.43. The summed E-state index contributed by atoms with van der Waals surface area (Å²) >= 11 is 3.33. The van der Waals surface area contributed by atoms with Gasteiger partial charge in [0.1, 0.15) is 6.04 Å². The molecule has 2 atom stereocenters. The molecule has 2 unspecified atom stereocenters. The first-order chi connectivity index (χ1) is 8.52. The van der Waals surface area contributed by atoms with E-state index in [0.717, 1.165) is 17.3 Å². The molecule has 0 spiro atoms. The van der Waals surface area contributed by atoms with Gasteiger partial charge in [0.2, 0.25) is 0 Å². The highest BCUT2D eigenvalue weighted by Gasteiger charge is 2.18. The van der Waals surface area contributed by atoms with Gasteiger partial charge in [0, 0.05) is 12.2 Å². The summed E-state index contributed by atoms with van der Waals surface area (Å²) in [6, 6.07) is -0.409. The Labute approximate surface area is 116 Å². The Hall–Kier alpha value is -0.880. The predicted molar refractivity (Wildman–Crippen MR) is 73.5 cm³/mol. The number of aromatic nitrogens is 2. The third kappa shape index (κ3) is 5.18.